The molecule has 0 spiro atoms. The molecule has 1 aromatic heterocycles. The van der Waals surface area contributed by atoms with Gasteiger partial charge in [0.25, 0.3) is 5.91 Å². The Labute approximate surface area is 139 Å². The molecule has 1 heterocycles. The molecule has 7 nitrogen and oxygen atoms in total. The van der Waals surface area contributed by atoms with Crippen molar-refractivity contribution in [2.24, 2.45) is 0 Å². The summed E-state index contributed by atoms with van der Waals surface area (Å²) in [5, 5.41) is 11.8. The summed E-state index contributed by atoms with van der Waals surface area (Å²) in [6, 6.07) is 8.45. The second kappa shape index (κ2) is 7.96. The van der Waals surface area contributed by atoms with E-state index in [0.717, 1.165) is 5.56 Å². The Morgan fingerprint density at radius 1 is 1.17 bits per heavy atom. The standard InChI is InChI=1S/C17H18N2O5/c1-23-13-6-5-11(10-14(13)24-2)7-9-19-16(20)12-4-3-8-18-15(12)17(21)22/h3-6,8,10H,7,9H2,1-2H3,(H,19,20)(H,21,22). The fourth-order valence-corrected chi connectivity index (χ4v) is 2.21. The van der Waals surface area contributed by atoms with E-state index in [1.807, 2.05) is 12.1 Å². The quantitative estimate of drug-likeness (QED) is 0.803. The zero-order chi connectivity index (χ0) is 17.5. The van der Waals surface area contributed by atoms with Crippen molar-refractivity contribution in [3.05, 3.63) is 53.3 Å². The molecule has 0 fully saturated rings. The van der Waals surface area contributed by atoms with Crippen molar-refractivity contribution in [1.82, 2.24) is 10.3 Å². The van der Waals surface area contributed by atoms with Gasteiger partial charge < -0.3 is 19.9 Å². The van der Waals surface area contributed by atoms with E-state index in [2.05, 4.69) is 10.3 Å². The lowest BCUT2D eigenvalue weighted by molar-refractivity contribution is 0.0684. The van der Waals surface area contributed by atoms with Gasteiger partial charge in [0, 0.05) is 12.7 Å². The average Bonchev–Trinajstić information content (AvgIpc) is 2.61. The Morgan fingerprint density at radius 3 is 2.58 bits per heavy atom. The molecule has 0 aliphatic heterocycles. The number of carbonyl (C=O) groups is 2. The molecule has 2 rings (SSSR count). The molecule has 0 saturated heterocycles. The first-order chi connectivity index (χ1) is 11.6. The van der Waals surface area contributed by atoms with Crippen LogP contribution in [-0.4, -0.2) is 42.7 Å². The molecule has 2 N–H and O–H groups in total. The highest BCUT2D eigenvalue weighted by Gasteiger charge is 2.17. The number of benzene rings is 1. The van der Waals surface area contributed by atoms with Gasteiger partial charge in [-0.3, -0.25) is 4.79 Å². The molecule has 7 heteroatoms. The molecule has 0 aliphatic carbocycles. The average molecular weight is 330 g/mol. The zero-order valence-corrected chi connectivity index (χ0v) is 13.4. The number of hydrogen-bond acceptors (Lipinski definition) is 5. The van der Waals surface area contributed by atoms with Gasteiger partial charge in [-0.15, -0.1) is 0 Å². The first kappa shape index (κ1) is 17.3. The molecule has 1 aromatic carbocycles. The molecular formula is C17H18N2O5. The predicted octanol–water partition coefficient (Wildman–Crippen LogP) is 1.77. The second-order valence-corrected chi connectivity index (χ2v) is 4.90. The summed E-state index contributed by atoms with van der Waals surface area (Å²) in [6.07, 6.45) is 1.90. The van der Waals surface area contributed by atoms with Gasteiger partial charge in [0.2, 0.25) is 0 Å². The smallest absolute Gasteiger partial charge is 0.355 e. The Kier molecular flexibility index (Phi) is 5.73. The van der Waals surface area contributed by atoms with E-state index in [1.54, 1.807) is 20.3 Å². The number of aromatic carboxylic acids is 1. The highest BCUT2D eigenvalue weighted by molar-refractivity contribution is 6.03. The van der Waals surface area contributed by atoms with E-state index < -0.39 is 11.9 Å². The Bertz CT molecular complexity index is 746. The van der Waals surface area contributed by atoms with Crippen LogP contribution in [0.15, 0.2) is 36.5 Å². The van der Waals surface area contributed by atoms with Crippen LogP contribution in [0, 0.1) is 0 Å². The minimum Gasteiger partial charge on any atom is -0.493 e. The van der Waals surface area contributed by atoms with Crippen molar-refractivity contribution >= 4 is 11.9 Å². The maximum atomic E-state index is 12.1. The third-order valence-electron chi connectivity index (χ3n) is 3.40. The van der Waals surface area contributed by atoms with E-state index >= 15 is 0 Å². The molecule has 0 unspecified atom stereocenters. The number of amides is 1. The number of pyridine rings is 1. The van der Waals surface area contributed by atoms with Gasteiger partial charge in [0.15, 0.2) is 17.2 Å². The fraction of sp³-hybridized carbons (Fsp3) is 0.235. The van der Waals surface area contributed by atoms with Crippen molar-refractivity contribution in [2.75, 3.05) is 20.8 Å². The summed E-state index contributed by atoms with van der Waals surface area (Å²) in [6.45, 7) is 0.349. The molecule has 0 radical (unpaired) electrons. The number of aromatic nitrogens is 1. The van der Waals surface area contributed by atoms with E-state index in [9.17, 15) is 9.59 Å². The van der Waals surface area contributed by atoms with Gasteiger partial charge in [-0.2, -0.15) is 0 Å². The van der Waals surface area contributed by atoms with E-state index in [0.29, 0.717) is 24.5 Å². The summed E-state index contributed by atoms with van der Waals surface area (Å²) in [4.78, 5) is 26.9. The molecule has 24 heavy (non-hydrogen) atoms. The second-order valence-electron chi connectivity index (χ2n) is 4.90. The van der Waals surface area contributed by atoms with Gasteiger partial charge in [0.1, 0.15) is 0 Å². The number of nitrogens with zero attached hydrogens (tertiary/aromatic N) is 1. The number of carbonyl (C=O) groups excluding carboxylic acids is 1. The highest BCUT2D eigenvalue weighted by Crippen LogP contribution is 2.27. The Balaban J connectivity index is 2.00. The topological polar surface area (TPSA) is 97.8 Å². The van der Waals surface area contributed by atoms with E-state index in [-0.39, 0.29) is 11.3 Å². The van der Waals surface area contributed by atoms with Crippen LogP contribution in [0.25, 0.3) is 0 Å². The van der Waals surface area contributed by atoms with Crippen molar-refractivity contribution < 1.29 is 24.2 Å². The number of nitrogens with one attached hydrogen (secondary N) is 1. The van der Waals surface area contributed by atoms with E-state index in [1.165, 1.54) is 18.3 Å². The highest BCUT2D eigenvalue weighted by atomic mass is 16.5. The maximum Gasteiger partial charge on any atom is 0.355 e. The van der Waals surface area contributed by atoms with Crippen LogP contribution in [0.4, 0.5) is 0 Å². The van der Waals surface area contributed by atoms with Crippen LogP contribution < -0.4 is 14.8 Å². The lowest BCUT2D eigenvalue weighted by atomic mass is 10.1. The normalized spacial score (nSPS) is 10.1. The van der Waals surface area contributed by atoms with Gasteiger partial charge in [0.05, 0.1) is 19.8 Å². The van der Waals surface area contributed by atoms with Crippen LogP contribution >= 0.6 is 0 Å². The summed E-state index contributed by atoms with van der Waals surface area (Å²) in [7, 11) is 3.12. The largest absolute Gasteiger partial charge is 0.493 e. The first-order valence-electron chi connectivity index (χ1n) is 7.24. The number of hydrogen-bond donors (Lipinski definition) is 2. The van der Waals surface area contributed by atoms with Crippen LogP contribution in [0.5, 0.6) is 11.5 Å². The van der Waals surface area contributed by atoms with Crippen molar-refractivity contribution in [3.63, 3.8) is 0 Å². The summed E-state index contributed by atoms with van der Waals surface area (Å²) < 4.78 is 10.4. The predicted molar refractivity (Wildman–Crippen MR) is 86.8 cm³/mol. The number of methoxy groups -OCH3 is 2. The van der Waals surface area contributed by atoms with Crippen LogP contribution in [0.3, 0.4) is 0 Å². The number of carboxylic acid groups (broad SMARTS) is 1. The molecule has 0 saturated carbocycles. The number of rotatable bonds is 7. The Morgan fingerprint density at radius 2 is 1.92 bits per heavy atom. The first-order valence-corrected chi connectivity index (χ1v) is 7.24. The molecule has 126 valence electrons. The number of carboxylic acids is 1. The van der Waals surface area contributed by atoms with Crippen LogP contribution in [-0.2, 0) is 6.42 Å². The maximum absolute atomic E-state index is 12.1. The molecule has 1 amide bonds. The third kappa shape index (κ3) is 4.01. The van der Waals surface area contributed by atoms with Gasteiger partial charge in [-0.05, 0) is 36.2 Å². The van der Waals surface area contributed by atoms with Crippen LogP contribution in [0.2, 0.25) is 0 Å². The van der Waals surface area contributed by atoms with Gasteiger partial charge in [-0.1, -0.05) is 6.07 Å². The van der Waals surface area contributed by atoms with Gasteiger partial charge in [-0.25, -0.2) is 9.78 Å². The van der Waals surface area contributed by atoms with Crippen molar-refractivity contribution in [1.29, 1.82) is 0 Å². The lowest BCUT2D eigenvalue weighted by Gasteiger charge is -2.10. The fourth-order valence-electron chi connectivity index (χ4n) is 2.21. The monoisotopic (exact) mass is 330 g/mol. The number of ether oxygens (including phenoxy) is 2. The SMILES string of the molecule is COc1ccc(CCNC(=O)c2cccnc2C(=O)O)cc1OC. The zero-order valence-electron chi connectivity index (χ0n) is 13.4. The van der Waals surface area contributed by atoms with Crippen molar-refractivity contribution in [2.45, 2.75) is 6.42 Å². The van der Waals surface area contributed by atoms with E-state index in [4.69, 9.17) is 14.6 Å². The Hall–Kier alpha value is -3.09. The van der Waals surface area contributed by atoms with Gasteiger partial charge >= 0.3 is 5.97 Å². The molecule has 0 atom stereocenters. The lowest BCUT2D eigenvalue weighted by Crippen LogP contribution is -2.27. The minimum atomic E-state index is -1.24. The molecule has 0 bridgehead atoms. The summed E-state index contributed by atoms with van der Waals surface area (Å²) in [5.41, 5.74) is 0.732. The summed E-state index contributed by atoms with van der Waals surface area (Å²) >= 11 is 0. The molecule has 0 aliphatic rings. The van der Waals surface area contributed by atoms with Crippen molar-refractivity contribution in [3.8, 4) is 11.5 Å². The molecule has 2 aromatic rings. The summed E-state index contributed by atoms with van der Waals surface area (Å²) in [5.74, 6) is -0.463. The minimum absolute atomic E-state index is 0.0392. The van der Waals surface area contributed by atoms with Crippen LogP contribution in [0.1, 0.15) is 26.4 Å². The third-order valence-corrected chi connectivity index (χ3v) is 3.40. The molecular weight excluding hydrogens is 312 g/mol.